The van der Waals surface area contributed by atoms with Crippen LogP contribution in [0.4, 0.5) is 5.69 Å². The fourth-order valence-corrected chi connectivity index (χ4v) is 2.29. The van der Waals surface area contributed by atoms with Crippen LogP contribution in [0, 0.1) is 13.8 Å². The van der Waals surface area contributed by atoms with Gasteiger partial charge in [-0.05, 0) is 43.7 Å². The summed E-state index contributed by atoms with van der Waals surface area (Å²) in [5.74, 6) is -0.193. The Morgan fingerprint density at radius 3 is 2.52 bits per heavy atom. The molecule has 0 unspecified atom stereocenters. The predicted octanol–water partition coefficient (Wildman–Crippen LogP) is 3.84. The number of hydrogen-bond donors (Lipinski definition) is 2. The zero-order chi connectivity index (χ0) is 15.6. The van der Waals surface area contributed by atoms with Crippen LogP contribution >= 0.6 is 23.8 Å². The Kier molecular flexibility index (Phi) is 4.60. The maximum atomic E-state index is 12.3. The third-order valence-electron chi connectivity index (χ3n) is 3.14. The van der Waals surface area contributed by atoms with Crippen molar-refractivity contribution in [1.82, 2.24) is 0 Å². The van der Waals surface area contributed by atoms with Gasteiger partial charge in [-0.15, -0.1) is 0 Å². The number of nitrogens with two attached hydrogens (primary N) is 1. The van der Waals surface area contributed by atoms with E-state index in [1.165, 1.54) is 0 Å². The van der Waals surface area contributed by atoms with Crippen molar-refractivity contribution in [2.24, 2.45) is 5.73 Å². The number of hydrogen-bond acceptors (Lipinski definition) is 2. The van der Waals surface area contributed by atoms with E-state index >= 15 is 0 Å². The molecule has 0 aliphatic rings. The van der Waals surface area contributed by atoms with E-state index in [2.05, 4.69) is 5.32 Å². The van der Waals surface area contributed by atoms with Crippen LogP contribution in [0.2, 0.25) is 5.02 Å². The lowest BCUT2D eigenvalue weighted by Gasteiger charge is -2.11. The average molecular weight is 319 g/mol. The minimum atomic E-state index is -0.193. The van der Waals surface area contributed by atoms with Gasteiger partial charge in [-0.1, -0.05) is 41.5 Å². The number of carbonyl (C=O) groups is 1. The quantitative estimate of drug-likeness (QED) is 0.845. The molecule has 0 saturated heterocycles. The Morgan fingerprint density at radius 1 is 1.19 bits per heavy atom. The van der Waals surface area contributed by atoms with Crippen LogP contribution in [0.5, 0.6) is 0 Å². The fourth-order valence-electron chi connectivity index (χ4n) is 1.94. The molecule has 5 heteroatoms. The third kappa shape index (κ3) is 3.60. The van der Waals surface area contributed by atoms with Crippen molar-refractivity contribution in [1.29, 1.82) is 0 Å². The van der Waals surface area contributed by atoms with Gasteiger partial charge in [0.05, 0.1) is 10.7 Å². The molecule has 108 valence electrons. The molecule has 2 aromatic carbocycles. The van der Waals surface area contributed by atoms with E-state index in [9.17, 15) is 4.79 Å². The highest BCUT2D eigenvalue weighted by Gasteiger charge is 2.12. The van der Waals surface area contributed by atoms with Crippen LogP contribution < -0.4 is 11.1 Å². The molecular formula is C16H15ClN2OS. The summed E-state index contributed by atoms with van der Waals surface area (Å²) in [6.07, 6.45) is 0. The summed E-state index contributed by atoms with van der Waals surface area (Å²) in [7, 11) is 0. The summed E-state index contributed by atoms with van der Waals surface area (Å²) in [6.45, 7) is 3.84. The maximum absolute atomic E-state index is 12.3. The first-order chi connectivity index (χ1) is 9.88. The molecule has 3 N–H and O–H groups in total. The SMILES string of the molecule is Cc1ccc(C)c(C(=O)Nc2ccc(C(N)=S)cc2Cl)c1. The van der Waals surface area contributed by atoms with Crippen LogP contribution in [0.15, 0.2) is 36.4 Å². The Morgan fingerprint density at radius 2 is 1.90 bits per heavy atom. The van der Waals surface area contributed by atoms with Crippen molar-refractivity contribution >= 4 is 40.4 Å². The lowest BCUT2D eigenvalue weighted by Crippen LogP contribution is -2.15. The number of nitrogens with one attached hydrogen (secondary N) is 1. The van der Waals surface area contributed by atoms with Gasteiger partial charge >= 0.3 is 0 Å². The van der Waals surface area contributed by atoms with Crippen LogP contribution in [0.1, 0.15) is 27.0 Å². The van der Waals surface area contributed by atoms with Crippen molar-refractivity contribution in [2.45, 2.75) is 13.8 Å². The molecule has 2 rings (SSSR count). The average Bonchev–Trinajstić information content (AvgIpc) is 2.43. The highest BCUT2D eigenvalue weighted by Crippen LogP contribution is 2.24. The van der Waals surface area contributed by atoms with E-state index in [1.807, 2.05) is 32.0 Å². The van der Waals surface area contributed by atoms with Crippen LogP contribution in [-0.2, 0) is 0 Å². The summed E-state index contributed by atoms with van der Waals surface area (Å²) in [6, 6.07) is 10.8. The van der Waals surface area contributed by atoms with Gasteiger partial charge < -0.3 is 11.1 Å². The molecule has 1 amide bonds. The van der Waals surface area contributed by atoms with Gasteiger partial charge in [-0.2, -0.15) is 0 Å². The summed E-state index contributed by atoms with van der Waals surface area (Å²) in [5, 5.41) is 3.21. The van der Waals surface area contributed by atoms with Crippen molar-refractivity contribution in [3.8, 4) is 0 Å². The van der Waals surface area contributed by atoms with Gasteiger partial charge in [-0.3, -0.25) is 4.79 Å². The Balaban J connectivity index is 2.27. The van der Waals surface area contributed by atoms with Crippen molar-refractivity contribution in [3.05, 3.63) is 63.7 Å². The summed E-state index contributed by atoms with van der Waals surface area (Å²) in [5.41, 5.74) is 9.31. The highest BCUT2D eigenvalue weighted by molar-refractivity contribution is 7.80. The number of benzene rings is 2. The molecular weight excluding hydrogens is 304 g/mol. The number of carbonyl (C=O) groups excluding carboxylic acids is 1. The smallest absolute Gasteiger partial charge is 0.255 e. The van der Waals surface area contributed by atoms with E-state index in [0.29, 0.717) is 21.8 Å². The lowest BCUT2D eigenvalue weighted by molar-refractivity contribution is 0.102. The molecule has 0 aromatic heterocycles. The van der Waals surface area contributed by atoms with E-state index in [4.69, 9.17) is 29.6 Å². The summed E-state index contributed by atoms with van der Waals surface area (Å²) in [4.78, 5) is 12.6. The van der Waals surface area contributed by atoms with Gasteiger partial charge in [0.25, 0.3) is 5.91 Å². The summed E-state index contributed by atoms with van der Waals surface area (Å²) >= 11 is 11.0. The monoisotopic (exact) mass is 318 g/mol. The zero-order valence-corrected chi connectivity index (χ0v) is 13.3. The molecule has 0 radical (unpaired) electrons. The molecule has 0 heterocycles. The van der Waals surface area contributed by atoms with Crippen LogP contribution in [0.25, 0.3) is 0 Å². The Hall–Kier alpha value is -1.91. The molecule has 0 spiro atoms. The Bertz CT molecular complexity index is 728. The second-order valence-electron chi connectivity index (χ2n) is 4.83. The topological polar surface area (TPSA) is 55.1 Å². The van der Waals surface area contributed by atoms with Crippen molar-refractivity contribution < 1.29 is 4.79 Å². The number of thiocarbonyl (C=S) groups is 1. The molecule has 0 saturated carbocycles. The van der Waals surface area contributed by atoms with E-state index in [0.717, 1.165) is 11.1 Å². The van der Waals surface area contributed by atoms with Gasteiger partial charge in [0, 0.05) is 11.1 Å². The largest absolute Gasteiger partial charge is 0.389 e. The van der Waals surface area contributed by atoms with Gasteiger partial charge in [0.2, 0.25) is 0 Å². The molecule has 0 aliphatic carbocycles. The van der Waals surface area contributed by atoms with Gasteiger partial charge in [0.15, 0.2) is 0 Å². The number of halogens is 1. The molecule has 21 heavy (non-hydrogen) atoms. The Labute approximate surface area is 134 Å². The van der Waals surface area contributed by atoms with Crippen LogP contribution in [-0.4, -0.2) is 10.9 Å². The first kappa shape index (κ1) is 15.5. The second-order valence-corrected chi connectivity index (χ2v) is 5.68. The minimum Gasteiger partial charge on any atom is -0.389 e. The van der Waals surface area contributed by atoms with E-state index in [1.54, 1.807) is 18.2 Å². The van der Waals surface area contributed by atoms with Gasteiger partial charge in [0.1, 0.15) is 4.99 Å². The maximum Gasteiger partial charge on any atom is 0.255 e. The van der Waals surface area contributed by atoms with Gasteiger partial charge in [-0.25, -0.2) is 0 Å². The lowest BCUT2D eigenvalue weighted by atomic mass is 10.0. The molecule has 0 bridgehead atoms. The third-order valence-corrected chi connectivity index (χ3v) is 3.69. The number of amides is 1. The minimum absolute atomic E-state index is 0.193. The number of rotatable bonds is 3. The number of aryl methyl sites for hydroxylation is 2. The fraction of sp³-hybridized carbons (Fsp3) is 0.125. The molecule has 0 aliphatic heterocycles. The molecule has 0 atom stereocenters. The van der Waals surface area contributed by atoms with E-state index < -0.39 is 0 Å². The number of anilines is 1. The van der Waals surface area contributed by atoms with E-state index in [-0.39, 0.29) is 10.9 Å². The highest BCUT2D eigenvalue weighted by atomic mass is 35.5. The summed E-state index contributed by atoms with van der Waals surface area (Å²) < 4.78 is 0. The van der Waals surface area contributed by atoms with Crippen molar-refractivity contribution in [2.75, 3.05) is 5.32 Å². The molecule has 2 aromatic rings. The van der Waals surface area contributed by atoms with Crippen molar-refractivity contribution in [3.63, 3.8) is 0 Å². The zero-order valence-electron chi connectivity index (χ0n) is 11.7. The normalized spacial score (nSPS) is 10.2. The molecule has 3 nitrogen and oxygen atoms in total. The predicted molar refractivity (Wildman–Crippen MR) is 91.2 cm³/mol. The first-order valence-corrected chi connectivity index (χ1v) is 7.15. The second kappa shape index (κ2) is 6.24. The molecule has 0 fully saturated rings. The van der Waals surface area contributed by atoms with Crippen LogP contribution in [0.3, 0.4) is 0 Å². The standard InChI is InChI=1S/C16H15ClN2OS/c1-9-3-4-10(2)12(7-9)16(20)19-14-6-5-11(15(18)21)8-13(14)17/h3-8H,1-2H3,(H2,18,21)(H,19,20). The first-order valence-electron chi connectivity index (χ1n) is 6.36.